The van der Waals surface area contributed by atoms with E-state index in [0.29, 0.717) is 22.0 Å². The molecular formula is C16H10ClN3O3. The van der Waals surface area contributed by atoms with Gasteiger partial charge < -0.3 is 0 Å². The van der Waals surface area contributed by atoms with Crippen molar-refractivity contribution in [2.24, 2.45) is 0 Å². The van der Waals surface area contributed by atoms with Gasteiger partial charge in [0.15, 0.2) is 0 Å². The number of benzene rings is 2. The van der Waals surface area contributed by atoms with Crippen LogP contribution in [0, 0.1) is 10.1 Å². The Bertz CT molecular complexity index is 936. The van der Waals surface area contributed by atoms with E-state index < -0.39 is 4.92 Å². The molecule has 0 aliphatic carbocycles. The first-order chi connectivity index (χ1) is 11.0. The zero-order valence-corrected chi connectivity index (χ0v) is 12.5. The molecule has 0 saturated heterocycles. The summed E-state index contributed by atoms with van der Waals surface area (Å²) in [4.78, 5) is 22.4. The van der Waals surface area contributed by atoms with E-state index in [-0.39, 0.29) is 11.2 Å². The maximum absolute atomic E-state index is 12.0. The molecule has 0 saturated carbocycles. The minimum Gasteiger partial charge on any atom is -0.267 e. The van der Waals surface area contributed by atoms with Crippen LogP contribution in [0.25, 0.3) is 16.9 Å². The van der Waals surface area contributed by atoms with E-state index in [1.165, 1.54) is 28.9 Å². The summed E-state index contributed by atoms with van der Waals surface area (Å²) in [6.07, 6.45) is 0. The van der Waals surface area contributed by atoms with Crippen LogP contribution >= 0.6 is 11.6 Å². The largest absolute Gasteiger partial charge is 0.271 e. The summed E-state index contributed by atoms with van der Waals surface area (Å²) in [6.45, 7) is 0. The Hall–Kier alpha value is -2.99. The second-order valence-electron chi connectivity index (χ2n) is 4.75. The fourth-order valence-electron chi connectivity index (χ4n) is 2.11. The van der Waals surface area contributed by atoms with Gasteiger partial charge in [0.25, 0.3) is 11.2 Å². The lowest BCUT2D eigenvalue weighted by Gasteiger charge is -2.07. The fourth-order valence-corrected chi connectivity index (χ4v) is 2.24. The van der Waals surface area contributed by atoms with E-state index in [1.807, 2.05) is 0 Å². The number of halogens is 1. The summed E-state index contributed by atoms with van der Waals surface area (Å²) < 4.78 is 1.23. The highest BCUT2D eigenvalue weighted by Gasteiger charge is 2.10. The second-order valence-corrected chi connectivity index (χ2v) is 5.19. The highest BCUT2D eigenvalue weighted by atomic mass is 35.5. The Labute approximate surface area is 135 Å². The molecule has 0 bridgehead atoms. The van der Waals surface area contributed by atoms with Crippen LogP contribution in [0.3, 0.4) is 0 Å². The Morgan fingerprint density at radius 3 is 2.48 bits per heavy atom. The molecule has 3 aromatic rings. The molecule has 0 amide bonds. The Kier molecular flexibility index (Phi) is 3.91. The van der Waals surface area contributed by atoms with Crippen LogP contribution in [0.2, 0.25) is 5.02 Å². The third kappa shape index (κ3) is 3.12. The van der Waals surface area contributed by atoms with Crippen LogP contribution < -0.4 is 5.56 Å². The van der Waals surface area contributed by atoms with Gasteiger partial charge in [0.1, 0.15) is 0 Å². The highest BCUT2D eigenvalue weighted by molar-refractivity contribution is 6.30. The number of nitro groups is 1. The molecular weight excluding hydrogens is 318 g/mol. The number of nitrogens with zero attached hydrogens (tertiary/aromatic N) is 3. The summed E-state index contributed by atoms with van der Waals surface area (Å²) >= 11 is 5.84. The van der Waals surface area contributed by atoms with Crippen molar-refractivity contribution in [3.63, 3.8) is 0 Å². The molecule has 23 heavy (non-hydrogen) atoms. The van der Waals surface area contributed by atoms with Crippen LogP contribution in [-0.2, 0) is 0 Å². The molecule has 0 radical (unpaired) electrons. The maximum Gasteiger partial charge on any atom is 0.271 e. The lowest BCUT2D eigenvalue weighted by Crippen LogP contribution is -2.20. The zero-order chi connectivity index (χ0) is 16.4. The van der Waals surface area contributed by atoms with Gasteiger partial charge in [0.05, 0.1) is 16.3 Å². The summed E-state index contributed by atoms with van der Waals surface area (Å²) in [5, 5.41) is 15.7. The van der Waals surface area contributed by atoms with E-state index >= 15 is 0 Å². The average molecular weight is 328 g/mol. The van der Waals surface area contributed by atoms with Crippen molar-refractivity contribution >= 4 is 17.3 Å². The van der Waals surface area contributed by atoms with E-state index in [0.717, 1.165) is 0 Å². The monoisotopic (exact) mass is 327 g/mol. The number of rotatable bonds is 3. The third-order valence-corrected chi connectivity index (χ3v) is 3.48. The van der Waals surface area contributed by atoms with E-state index in [1.54, 1.807) is 36.4 Å². The molecule has 114 valence electrons. The van der Waals surface area contributed by atoms with Crippen LogP contribution in [0.15, 0.2) is 65.5 Å². The molecule has 0 N–H and O–H groups in total. The van der Waals surface area contributed by atoms with Gasteiger partial charge in [-0.15, -0.1) is 0 Å². The van der Waals surface area contributed by atoms with Gasteiger partial charge in [-0.25, -0.2) is 0 Å². The zero-order valence-electron chi connectivity index (χ0n) is 11.7. The molecule has 2 aromatic carbocycles. The molecule has 1 heterocycles. The van der Waals surface area contributed by atoms with Gasteiger partial charge in [-0.3, -0.25) is 14.9 Å². The van der Waals surface area contributed by atoms with Gasteiger partial charge in [-0.2, -0.15) is 9.78 Å². The smallest absolute Gasteiger partial charge is 0.267 e. The summed E-state index contributed by atoms with van der Waals surface area (Å²) in [6, 6.07) is 15.7. The SMILES string of the molecule is O=c1ccc(-c2cccc([N+](=O)[O-])c2)nn1-c1ccc(Cl)cc1. The fraction of sp³-hybridized carbons (Fsp3) is 0. The lowest BCUT2D eigenvalue weighted by molar-refractivity contribution is -0.384. The summed E-state index contributed by atoms with van der Waals surface area (Å²) in [5.74, 6) is 0. The normalized spacial score (nSPS) is 10.5. The van der Waals surface area contributed by atoms with Crippen molar-refractivity contribution in [3.8, 4) is 16.9 Å². The van der Waals surface area contributed by atoms with E-state index in [2.05, 4.69) is 5.10 Å². The third-order valence-electron chi connectivity index (χ3n) is 3.22. The van der Waals surface area contributed by atoms with Gasteiger partial charge in [-0.05, 0) is 30.3 Å². The maximum atomic E-state index is 12.0. The van der Waals surface area contributed by atoms with Gasteiger partial charge in [-0.1, -0.05) is 23.7 Å². The number of non-ortho nitro benzene ring substituents is 1. The quantitative estimate of drug-likeness (QED) is 0.545. The molecule has 0 aliphatic rings. The van der Waals surface area contributed by atoms with Crippen molar-refractivity contribution in [2.75, 3.05) is 0 Å². The van der Waals surface area contributed by atoms with Crippen molar-refractivity contribution < 1.29 is 4.92 Å². The molecule has 0 unspecified atom stereocenters. The predicted octanol–water partition coefficient (Wildman–Crippen LogP) is 3.46. The molecule has 0 aliphatic heterocycles. The molecule has 0 fully saturated rings. The van der Waals surface area contributed by atoms with Crippen LogP contribution in [-0.4, -0.2) is 14.7 Å². The second kappa shape index (κ2) is 6.02. The number of aromatic nitrogens is 2. The Balaban J connectivity index is 2.10. The number of hydrogen-bond acceptors (Lipinski definition) is 4. The highest BCUT2D eigenvalue weighted by Crippen LogP contribution is 2.21. The van der Waals surface area contributed by atoms with E-state index in [9.17, 15) is 14.9 Å². The number of hydrogen-bond donors (Lipinski definition) is 0. The van der Waals surface area contributed by atoms with Gasteiger partial charge in [0.2, 0.25) is 0 Å². The molecule has 0 spiro atoms. The summed E-state index contributed by atoms with van der Waals surface area (Å²) in [7, 11) is 0. The number of nitro benzene ring substituents is 1. The molecule has 0 atom stereocenters. The van der Waals surface area contributed by atoms with Crippen molar-refractivity contribution in [1.82, 2.24) is 9.78 Å². The molecule has 7 heteroatoms. The van der Waals surface area contributed by atoms with Crippen molar-refractivity contribution in [2.45, 2.75) is 0 Å². The average Bonchev–Trinajstić information content (AvgIpc) is 2.56. The predicted molar refractivity (Wildman–Crippen MR) is 86.9 cm³/mol. The first kappa shape index (κ1) is 14.9. The first-order valence-electron chi connectivity index (χ1n) is 6.66. The Morgan fingerprint density at radius 2 is 1.78 bits per heavy atom. The minimum absolute atomic E-state index is 0.0338. The van der Waals surface area contributed by atoms with Gasteiger partial charge in [0, 0.05) is 28.8 Å². The minimum atomic E-state index is -0.473. The van der Waals surface area contributed by atoms with Crippen molar-refractivity contribution in [3.05, 3.63) is 86.2 Å². The molecule has 6 nitrogen and oxygen atoms in total. The van der Waals surface area contributed by atoms with Crippen LogP contribution in [0.1, 0.15) is 0 Å². The van der Waals surface area contributed by atoms with Crippen molar-refractivity contribution in [1.29, 1.82) is 0 Å². The first-order valence-corrected chi connectivity index (χ1v) is 7.03. The summed E-state index contributed by atoms with van der Waals surface area (Å²) in [5.41, 5.74) is 1.24. The molecule has 3 rings (SSSR count). The van der Waals surface area contributed by atoms with E-state index in [4.69, 9.17) is 11.6 Å². The topological polar surface area (TPSA) is 78.0 Å². The van der Waals surface area contributed by atoms with Crippen LogP contribution in [0.5, 0.6) is 0 Å². The van der Waals surface area contributed by atoms with Gasteiger partial charge >= 0.3 is 0 Å². The lowest BCUT2D eigenvalue weighted by atomic mass is 10.1. The molecule has 1 aromatic heterocycles. The van der Waals surface area contributed by atoms with Crippen LogP contribution in [0.4, 0.5) is 5.69 Å². The Morgan fingerprint density at radius 1 is 1.04 bits per heavy atom. The standard InChI is InChI=1S/C16H10ClN3O3/c17-12-4-6-13(7-5-12)19-16(21)9-8-15(18-19)11-2-1-3-14(10-11)20(22)23/h1-10H.